The molecular weight excluding hydrogens is 319 g/mol. The third-order valence-corrected chi connectivity index (χ3v) is 5.40. The van der Waals surface area contributed by atoms with Gasteiger partial charge in [-0.05, 0) is 50.7 Å². The van der Waals surface area contributed by atoms with E-state index in [2.05, 4.69) is 9.62 Å². The smallest absolute Gasteiger partial charge is 0.216 e. The minimum absolute atomic E-state index is 0.0160. The first kappa shape index (κ1) is 16.0. The zero-order chi connectivity index (χ0) is 14.8. The van der Waals surface area contributed by atoms with Gasteiger partial charge in [0.2, 0.25) is 10.0 Å². The minimum atomic E-state index is -3.38. The molecular formula is C13H18Cl2N2O2S. The number of rotatable bonds is 4. The van der Waals surface area contributed by atoms with Gasteiger partial charge in [-0.2, -0.15) is 0 Å². The third kappa shape index (κ3) is 4.60. The second-order valence-corrected chi connectivity index (χ2v) is 7.79. The van der Waals surface area contributed by atoms with Crippen LogP contribution in [0.4, 0.5) is 0 Å². The zero-order valence-corrected chi connectivity index (χ0v) is 13.6. The average molecular weight is 337 g/mol. The van der Waals surface area contributed by atoms with E-state index in [0.29, 0.717) is 15.6 Å². The van der Waals surface area contributed by atoms with E-state index < -0.39 is 10.0 Å². The highest BCUT2D eigenvalue weighted by atomic mass is 35.5. The molecule has 0 radical (unpaired) electrons. The maximum Gasteiger partial charge on any atom is 0.216 e. The van der Waals surface area contributed by atoms with Crippen LogP contribution in [0.5, 0.6) is 0 Å². The maximum atomic E-state index is 12.2. The average Bonchev–Trinajstić information content (AvgIpc) is 2.35. The largest absolute Gasteiger partial charge is 0.306 e. The Morgan fingerprint density at radius 2 is 1.95 bits per heavy atom. The summed E-state index contributed by atoms with van der Waals surface area (Å²) >= 11 is 11.8. The van der Waals surface area contributed by atoms with Gasteiger partial charge in [0.1, 0.15) is 0 Å². The van der Waals surface area contributed by atoms with Crippen molar-refractivity contribution in [1.29, 1.82) is 0 Å². The Kier molecular flexibility index (Phi) is 5.31. The van der Waals surface area contributed by atoms with E-state index in [4.69, 9.17) is 23.2 Å². The van der Waals surface area contributed by atoms with Crippen molar-refractivity contribution in [3.63, 3.8) is 0 Å². The van der Waals surface area contributed by atoms with E-state index in [-0.39, 0.29) is 11.8 Å². The molecule has 1 aromatic rings. The third-order valence-electron chi connectivity index (χ3n) is 3.43. The first-order chi connectivity index (χ1) is 9.35. The summed E-state index contributed by atoms with van der Waals surface area (Å²) in [6.45, 7) is 1.82. The summed E-state index contributed by atoms with van der Waals surface area (Å²) in [5.74, 6) is -0.116. The fourth-order valence-electron chi connectivity index (χ4n) is 2.27. The molecule has 20 heavy (non-hydrogen) atoms. The predicted molar refractivity (Wildman–Crippen MR) is 82.7 cm³/mol. The van der Waals surface area contributed by atoms with Crippen molar-refractivity contribution in [2.75, 3.05) is 20.1 Å². The molecule has 4 nitrogen and oxygen atoms in total. The fourth-order valence-corrected chi connectivity index (χ4v) is 4.31. The molecule has 1 heterocycles. The fraction of sp³-hybridized carbons (Fsp3) is 0.538. The van der Waals surface area contributed by atoms with Crippen molar-refractivity contribution < 1.29 is 8.42 Å². The molecule has 1 fully saturated rings. The molecule has 0 atom stereocenters. The summed E-state index contributed by atoms with van der Waals surface area (Å²) in [7, 11) is -1.34. The normalized spacial score (nSPS) is 18.4. The van der Waals surface area contributed by atoms with Crippen LogP contribution >= 0.6 is 23.2 Å². The number of likely N-dealkylation sites (tertiary alicyclic amines) is 1. The van der Waals surface area contributed by atoms with Crippen LogP contribution in [0.1, 0.15) is 18.4 Å². The Balaban J connectivity index is 2.00. The predicted octanol–water partition coefficient (Wildman–Crippen LogP) is 2.51. The number of halogens is 2. The maximum absolute atomic E-state index is 12.2. The van der Waals surface area contributed by atoms with Crippen LogP contribution in [0, 0.1) is 0 Å². The second kappa shape index (κ2) is 6.62. The molecule has 1 saturated heterocycles. The van der Waals surface area contributed by atoms with Crippen molar-refractivity contribution in [2.45, 2.75) is 24.6 Å². The van der Waals surface area contributed by atoms with Gasteiger partial charge in [-0.1, -0.05) is 29.3 Å². The van der Waals surface area contributed by atoms with Crippen LogP contribution in [0.15, 0.2) is 18.2 Å². The van der Waals surface area contributed by atoms with Gasteiger partial charge >= 0.3 is 0 Å². The molecule has 7 heteroatoms. The number of benzene rings is 1. The molecule has 0 bridgehead atoms. The Bertz CT molecular complexity index is 570. The van der Waals surface area contributed by atoms with E-state index in [1.54, 1.807) is 18.2 Å². The van der Waals surface area contributed by atoms with Crippen molar-refractivity contribution >= 4 is 33.2 Å². The van der Waals surface area contributed by atoms with Crippen LogP contribution in [0.3, 0.4) is 0 Å². The molecule has 1 N–H and O–H groups in total. The van der Waals surface area contributed by atoms with Crippen LogP contribution < -0.4 is 4.72 Å². The summed E-state index contributed by atoms with van der Waals surface area (Å²) in [5.41, 5.74) is 0.566. The molecule has 0 aromatic heterocycles. The van der Waals surface area contributed by atoms with Crippen LogP contribution in [-0.2, 0) is 15.8 Å². The van der Waals surface area contributed by atoms with Gasteiger partial charge in [0.25, 0.3) is 0 Å². The summed E-state index contributed by atoms with van der Waals surface area (Å²) in [6, 6.07) is 4.87. The molecule has 1 aliphatic rings. The highest BCUT2D eigenvalue weighted by Crippen LogP contribution is 2.23. The topological polar surface area (TPSA) is 49.4 Å². The van der Waals surface area contributed by atoms with Gasteiger partial charge in [0.05, 0.1) is 5.75 Å². The van der Waals surface area contributed by atoms with Crippen LogP contribution in [0.25, 0.3) is 0 Å². The summed E-state index contributed by atoms with van der Waals surface area (Å²) in [4.78, 5) is 2.20. The number of sulfonamides is 1. The van der Waals surface area contributed by atoms with Gasteiger partial charge < -0.3 is 4.90 Å². The first-order valence-corrected chi connectivity index (χ1v) is 8.89. The SMILES string of the molecule is CN1CCC(NS(=O)(=O)Cc2ccc(Cl)cc2Cl)CC1. The summed E-state index contributed by atoms with van der Waals surface area (Å²) in [6.07, 6.45) is 1.67. The Hall–Kier alpha value is -0.330. The molecule has 0 spiro atoms. The number of piperidine rings is 1. The lowest BCUT2D eigenvalue weighted by Crippen LogP contribution is -2.43. The number of hydrogen-bond donors (Lipinski definition) is 1. The van der Waals surface area contributed by atoms with Gasteiger partial charge in [0.15, 0.2) is 0 Å². The van der Waals surface area contributed by atoms with Crippen molar-refractivity contribution in [2.24, 2.45) is 0 Å². The van der Waals surface area contributed by atoms with E-state index in [1.807, 2.05) is 7.05 Å². The first-order valence-electron chi connectivity index (χ1n) is 6.48. The zero-order valence-electron chi connectivity index (χ0n) is 11.3. The van der Waals surface area contributed by atoms with Crippen molar-refractivity contribution in [1.82, 2.24) is 9.62 Å². The lowest BCUT2D eigenvalue weighted by molar-refractivity contribution is 0.248. The molecule has 0 unspecified atom stereocenters. The van der Waals surface area contributed by atoms with Gasteiger partial charge in [-0.25, -0.2) is 13.1 Å². The molecule has 0 aliphatic carbocycles. The molecule has 1 aliphatic heterocycles. The number of nitrogens with one attached hydrogen (secondary N) is 1. The molecule has 0 amide bonds. The van der Waals surface area contributed by atoms with E-state index in [0.717, 1.165) is 25.9 Å². The lowest BCUT2D eigenvalue weighted by Gasteiger charge is -2.29. The number of hydrogen-bond acceptors (Lipinski definition) is 3. The van der Waals surface area contributed by atoms with Gasteiger partial charge in [-0.3, -0.25) is 0 Å². The lowest BCUT2D eigenvalue weighted by atomic mass is 10.1. The van der Waals surface area contributed by atoms with Gasteiger partial charge in [-0.15, -0.1) is 0 Å². The highest BCUT2D eigenvalue weighted by molar-refractivity contribution is 7.88. The molecule has 2 rings (SSSR count). The molecule has 112 valence electrons. The van der Waals surface area contributed by atoms with Crippen molar-refractivity contribution in [3.8, 4) is 0 Å². The highest BCUT2D eigenvalue weighted by Gasteiger charge is 2.22. The quantitative estimate of drug-likeness (QED) is 0.918. The second-order valence-electron chi connectivity index (χ2n) is 5.19. The monoisotopic (exact) mass is 336 g/mol. The van der Waals surface area contributed by atoms with Crippen molar-refractivity contribution in [3.05, 3.63) is 33.8 Å². The number of nitrogens with zero attached hydrogens (tertiary/aromatic N) is 1. The minimum Gasteiger partial charge on any atom is -0.306 e. The van der Waals surface area contributed by atoms with E-state index in [9.17, 15) is 8.42 Å². The standard InChI is InChI=1S/C13H18Cl2N2O2S/c1-17-6-4-12(5-7-17)16-20(18,19)9-10-2-3-11(14)8-13(10)15/h2-3,8,12,16H,4-7,9H2,1H3. The summed E-state index contributed by atoms with van der Waals surface area (Å²) < 4.78 is 27.1. The van der Waals surface area contributed by atoms with Crippen LogP contribution in [0.2, 0.25) is 10.0 Å². The Labute approximate surface area is 130 Å². The summed E-state index contributed by atoms with van der Waals surface area (Å²) in [5, 5.41) is 0.880. The van der Waals surface area contributed by atoms with E-state index in [1.165, 1.54) is 0 Å². The Morgan fingerprint density at radius 1 is 1.30 bits per heavy atom. The molecule has 0 saturated carbocycles. The van der Waals surface area contributed by atoms with Crippen LogP contribution in [-0.4, -0.2) is 39.5 Å². The molecule has 1 aromatic carbocycles. The van der Waals surface area contributed by atoms with E-state index >= 15 is 0 Å². The Morgan fingerprint density at radius 3 is 2.55 bits per heavy atom. The van der Waals surface area contributed by atoms with Gasteiger partial charge in [0, 0.05) is 16.1 Å².